The van der Waals surface area contributed by atoms with Crippen LogP contribution in [-0.2, 0) is 4.74 Å². The number of carbonyl (C=O) groups is 1. The van der Waals surface area contributed by atoms with E-state index in [-0.39, 0.29) is 11.3 Å². The lowest BCUT2D eigenvalue weighted by Gasteiger charge is -2.14. The van der Waals surface area contributed by atoms with Crippen LogP contribution in [-0.4, -0.2) is 31.3 Å². The second kappa shape index (κ2) is 6.30. The molecule has 0 spiro atoms. The van der Waals surface area contributed by atoms with E-state index in [0.29, 0.717) is 35.6 Å². The largest absolute Gasteiger partial charge is 0.493 e. The Balaban J connectivity index is 2.75. The average Bonchev–Trinajstić information content (AvgIpc) is 2.49. The molecule has 0 atom stereocenters. The van der Waals surface area contributed by atoms with Crippen molar-refractivity contribution in [2.75, 3.05) is 26.1 Å². The summed E-state index contributed by atoms with van der Waals surface area (Å²) in [5, 5.41) is 0.561. The Morgan fingerprint density at radius 3 is 2.43 bits per heavy atom. The summed E-state index contributed by atoms with van der Waals surface area (Å²) in [6, 6.07) is 3.54. The minimum atomic E-state index is -0.536. The molecule has 1 heterocycles. The fourth-order valence-electron chi connectivity index (χ4n) is 2.10. The summed E-state index contributed by atoms with van der Waals surface area (Å²) in [6.07, 6.45) is 1.39. The van der Waals surface area contributed by atoms with E-state index in [1.165, 1.54) is 13.3 Å². The SMILES string of the molecule is CCOc1ccc(OCC)c2c(N)c(C(=O)OC)cnc12. The molecule has 1 aromatic heterocycles. The zero-order valence-electron chi connectivity index (χ0n) is 12.3. The maximum absolute atomic E-state index is 11.7. The molecule has 6 nitrogen and oxygen atoms in total. The maximum Gasteiger partial charge on any atom is 0.341 e. The number of hydrogen-bond acceptors (Lipinski definition) is 6. The van der Waals surface area contributed by atoms with Crippen molar-refractivity contribution in [1.29, 1.82) is 0 Å². The number of hydrogen-bond donors (Lipinski definition) is 1. The first-order valence-electron chi connectivity index (χ1n) is 6.69. The molecule has 0 saturated carbocycles. The summed E-state index contributed by atoms with van der Waals surface area (Å²) in [5.74, 6) is 0.622. The van der Waals surface area contributed by atoms with E-state index in [0.717, 1.165) is 0 Å². The van der Waals surface area contributed by atoms with E-state index in [1.54, 1.807) is 12.1 Å². The van der Waals surface area contributed by atoms with Crippen molar-refractivity contribution in [1.82, 2.24) is 4.98 Å². The number of ether oxygens (including phenoxy) is 3. The van der Waals surface area contributed by atoms with E-state index in [1.807, 2.05) is 13.8 Å². The molecule has 2 rings (SSSR count). The van der Waals surface area contributed by atoms with Crippen LogP contribution in [0.4, 0.5) is 5.69 Å². The van der Waals surface area contributed by atoms with Crippen molar-refractivity contribution < 1.29 is 19.0 Å². The number of nitrogens with zero attached hydrogens (tertiary/aromatic N) is 1. The molecule has 2 aromatic rings. The summed E-state index contributed by atoms with van der Waals surface area (Å²) >= 11 is 0. The topological polar surface area (TPSA) is 83.7 Å². The summed E-state index contributed by atoms with van der Waals surface area (Å²) in [7, 11) is 1.30. The molecule has 0 aliphatic rings. The molecule has 0 fully saturated rings. The molecule has 2 N–H and O–H groups in total. The lowest BCUT2D eigenvalue weighted by molar-refractivity contribution is 0.0601. The Hall–Kier alpha value is -2.50. The van der Waals surface area contributed by atoms with E-state index in [9.17, 15) is 4.79 Å². The van der Waals surface area contributed by atoms with Gasteiger partial charge in [0.05, 0.1) is 31.4 Å². The molecule has 0 bridgehead atoms. The van der Waals surface area contributed by atoms with Gasteiger partial charge in [0.15, 0.2) is 0 Å². The first-order chi connectivity index (χ1) is 10.1. The van der Waals surface area contributed by atoms with Crippen LogP contribution in [0.25, 0.3) is 10.9 Å². The predicted octanol–water partition coefficient (Wildman–Crippen LogP) is 2.40. The Morgan fingerprint density at radius 2 is 1.81 bits per heavy atom. The number of benzene rings is 1. The zero-order chi connectivity index (χ0) is 15.4. The van der Waals surface area contributed by atoms with Crippen LogP contribution in [0.3, 0.4) is 0 Å². The van der Waals surface area contributed by atoms with Gasteiger partial charge in [-0.15, -0.1) is 0 Å². The first kappa shape index (κ1) is 14.9. The maximum atomic E-state index is 11.7. The third-order valence-corrected chi connectivity index (χ3v) is 2.99. The Bertz CT molecular complexity index is 670. The fourth-order valence-corrected chi connectivity index (χ4v) is 2.10. The van der Waals surface area contributed by atoms with Crippen molar-refractivity contribution in [3.8, 4) is 11.5 Å². The number of methoxy groups -OCH3 is 1. The smallest absolute Gasteiger partial charge is 0.341 e. The predicted molar refractivity (Wildman–Crippen MR) is 79.8 cm³/mol. The number of nitrogens with two attached hydrogens (primary N) is 1. The van der Waals surface area contributed by atoms with Crippen LogP contribution in [0.15, 0.2) is 18.3 Å². The standard InChI is InChI=1S/C15H18N2O4/c1-4-20-10-6-7-11(21-5-2)14-12(10)13(16)9(8-17-14)15(18)19-3/h6-8H,4-5H2,1-3H3,(H2,16,17). The Morgan fingerprint density at radius 1 is 1.19 bits per heavy atom. The van der Waals surface area contributed by atoms with Gasteiger partial charge in [-0.25, -0.2) is 4.79 Å². The number of aromatic nitrogens is 1. The second-order valence-corrected chi connectivity index (χ2v) is 4.23. The molecule has 1 aromatic carbocycles. The molecule has 0 saturated heterocycles. The van der Waals surface area contributed by atoms with Crippen molar-refractivity contribution in [3.63, 3.8) is 0 Å². The van der Waals surface area contributed by atoms with Crippen molar-refractivity contribution >= 4 is 22.6 Å². The lowest BCUT2D eigenvalue weighted by atomic mass is 10.1. The van der Waals surface area contributed by atoms with E-state index >= 15 is 0 Å². The minimum absolute atomic E-state index is 0.208. The molecule has 0 radical (unpaired) electrons. The summed E-state index contributed by atoms with van der Waals surface area (Å²) in [4.78, 5) is 16.0. The number of carbonyl (C=O) groups excluding carboxylic acids is 1. The number of fused-ring (bicyclic) bond motifs is 1. The van der Waals surface area contributed by atoms with Gasteiger partial charge in [-0.05, 0) is 26.0 Å². The second-order valence-electron chi connectivity index (χ2n) is 4.23. The highest BCUT2D eigenvalue weighted by Crippen LogP contribution is 2.37. The molecule has 0 aliphatic carbocycles. The zero-order valence-corrected chi connectivity index (χ0v) is 12.3. The van der Waals surface area contributed by atoms with Crippen LogP contribution in [0.5, 0.6) is 11.5 Å². The summed E-state index contributed by atoms with van der Waals surface area (Å²) < 4.78 is 15.8. The highest BCUT2D eigenvalue weighted by atomic mass is 16.5. The molecular formula is C15H18N2O4. The number of anilines is 1. The van der Waals surface area contributed by atoms with Crippen molar-refractivity contribution in [2.45, 2.75) is 13.8 Å². The number of esters is 1. The average molecular weight is 290 g/mol. The third kappa shape index (κ3) is 2.69. The molecule has 6 heteroatoms. The van der Waals surface area contributed by atoms with Crippen LogP contribution in [0.1, 0.15) is 24.2 Å². The molecular weight excluding hydrogens is 272 g/mol. The molecule has 0 amide bonds. The minimum Gasteiger partial charge on any atom is -0.493 e. The van der Waals surface area contributed by atoms with Gasteiger partial charge in [-0.3, -0.25) is 4.98 Å². The monoisotopic (exact) mass is 290 g/mol. The first-order valence-corrected chi connectivity index (χ1v) is 6.69. The quantitative estimate of drug-likeness (QED) is 0.851. The van der Waals surface area contributed by atoms with Gasteiger partial charge < -0.3 is 19.9 Å². The van der Waals surface area contributed by atoms with Gasteiger partial charge in [0.25, 0.3) is 0 Å². The summed E-state index contributed by atoms with van der Waals surface area (Å²) in [5.41, 5.74) is 7.16. The molecule has 112 valence electrons. The van der Waals surface area contributed by atoms with Gasteiger partial charge in [0, 0.05) is 6.20 Å². The Labute approximate surface area is 122 Å². The lowest BCUT2D eigenvalue weighted by Crippen LogP contribution is -2.08. The van der Waals surface area contributed by atoms with Gasteiger partial charge in [-0.2, -0.15) is 0 Å². The van der Waals surface area contributed by atoms with Crippen LogP contribution in [0.2, 0.25) is 0 Å². The number of pyridine rings is 1. The van der Waals surface area contributed by atoms with E-state index in [2.05, 4.69) is 4.98 Å². The number of rotatable bonds is 5. The highest BCUT2D eigenvalue weighted by molar-refractivity contribution is 6.07. The third-order valence-electron chi connectivity index (χ3n) is 2.99. The normalized spacial score (nSPS) is 10.4. The van der Waals surface area contributed by atoms with Crippen molar-refractivity contribution in [3.05, 3.63) is 23.9 Å². The Kier molecular flexibility index (Phi) is 4.47. The van der Waals surface area contributed by atoms with E-state index in [4.69, 9.17) is 19.9 Å². The molecule has 0 aliphatic heterocycles. The van der Waals surface area contributed by atoms with E-state index < -0.39 is 5.97 Å². The van der Waals surface area contributed by atoms with Gasteiger partial charge in [0.1, 0.15) is 22.6 Å². The highest BCUT2D eigenvalue weighted by Gasteiger charge is 2.19. The van der Waals surface area contributed by atoms with Gasteiger partial charge >= 0.3 is 5.97 Å². The molecule has 21 heavy (non-hydrogen) atoms. The van der Waals surface area contributed by atoms with Gasteiger partial charge in [-0.1, -0.05) is 0 Å². The van der Waals surface area contributed by atoms with Crippen molar-refractivity contribution in [2.24, 2.45) is 0 Å². The molecule has 0 unspecified atom stereocenters. The summed E-state index contributed by atoms with van der Waals surface area (Å²) in [6.45, 7) is 4.74. The van der Waals surface area contributed by atoms with Crippen LogP contribution >= 0.6 is 0 Å². The number of nitrogen functional groups attached to an aromatic ring is 1. The van der Waals surface area contributed by atoms with Crippen LogP contribution in [0, 0.1) is 0 Å². The fraction of sp³-hybridized carbons (Fsp3) is 0.333. The van der Waals surface area contributed by atoms with Crippen LogP contribution < -0.4 is 15.2 Å². The van der Waals surface area contributed by atoms with Gasteiger partial charge in [0.2, 0.25) is 0 Å².